The van der Waals surface area contributed by atoms with Crippen LogP contribution in [0.1, 0.15) is 41.3 Å². The smallest absolute Gasteiger partial charge is 0.291 e. The molecule has 0 aliphatic heterocycles. The van der Waals surface area contributed by atoms with Crippen LogP contribution in [0.15, 0.2) is 71.1 Å². The lowest BCUT2D eigenvalue weighted by Crippen LogP contribution is -2.19. The van der Waals surface area contributed by atoms with Crippen molar-refractivity contribution in [1.29, 1.82) is 0 Å². The van der Waals surface area contributed by atoms with E-state index in [4.69, 9.17) is 4.42 Å². The fraction of sp³-hybridized carbons (Fsp3) is 0.320. The van der Waals surface area contributed by atoms with E-state index in [-0.39, 0.29) is 5.91 Å². The maximum atomic E-state index is 12.5. The minimum Gasteiger partial charge on any atom is -0.451 e. The Labute approximate surface area is 171 Å². The van der Waals surface area contributed by atoms with Gasteiger partial charge in [0.25, 0.3) is 5.91 Å². The zero-order valence-corrected chi connectivity index (χ0v) is 16.4. The quantitative estimate of drug-likeness (QED) is 0.552. The second-order valence-electron chi connectivity index (χ2n) is 8.31. The van der Waals surface area contributed by atoms with Gasteiger partial charge in [0.15, 0.2) is 5.76 Å². The van der Waals surface area contributed by atoms with Gasteiger partial charge in [-0.25, -0.2) is 0 Å². The predicted octanol–water partition coefficient (Wildman–Crippen LogP) is 5.30. The van der Waals surface area contributed by atoms with E-state index in [1.54, 1.807) is 6.07 Å². The molecule has 2 aliphatic rings. The van der Waals surface area contributed by atoms with Gasteiger partial charge in [-0.1, -0.05) is 42.5 Å². The summed E-state index contributed by atoms with van der Waals surface area (Å²) in [4.78, 5) is 12.5. The summed E-state index contributed by atoms with van der Waals surface area (Å²) in [6, 6.07) is 21.6. The zero-order chi connectivity index (χ0) is 19.6. The van der Waals surface area contributed by atoms with Crippen LogP contribution in [-0.2, 0) is 0 Å². The summed E-state index contributed by atoms with van der Waals surface area (Å²) < 4.78 is 5.73. The minimum atomic E-state index is -0.228. The Balaban J connectivity index is 1.15. The Morgan fingerprint density at radius 3 is 2.48 bits per heavy atom. The largest absolute Gasteiger partial charge is 0.451 e. The van der Waals surface area contributed by atoms with Crippen molar-refractivity contribution in [1.82, 2.24) is 5.32 Å². The third-order valence-electron chi connectivity index (χ3n) is 5.94. The molecule has 0 bridgehead atoms. The lowest BCUT2D eigenvalue weighted by Gasteiger charge is -2.06. The van der Waals surface area contributed by atoms with E-state index in [1.165, 1.54) is 31.4 Å². The van der Waals surface area contributed by atoms with E-state index in [2.05, 4.69) is 22.8 Å². The Bertz CT molecular complexity index is 974. The van der Waals surface area contributed by atoms with Gasteiger partial charge in [0.2, 0.25) is 0 Å². The van der Waals surface area contributed by atoms with Crippen molar-refractivity contribution in [3.05, 3.63) is 78.1 Å². The van der Waals surface area contributed by atoms with Gasteiger partial charge in [0.1, 0.15) is 5.76 Å². The van der Waals surface area contributed by atoms with Gasteiger partial charge in [-0.15, -0.1) is 0 Å². The van der Waals surface area contributed by atoms with Crippen LogP contribution in [0.5, 0.6) is 0 Å². The Morgan fingerprint density at radius 2 is 1.72 bits per heavy atom. The van der Waals surface area contributed by atoms with Crippen LogP contribution in [0.3, 0.4) is 0 Å². The summed E-state index contributed by atoms with van der Waals surface area (Å²) in [6.45, 7) is 2.31. The molecule has 2 unspecified atom stereocenters. The molecule has 2 aliphatic carbocycles. The maximum absolute atomic E-state index is 12.5. The van der Waals surface area contributed by atoms with Crippen molar-refractivity contribution in [2.75, 3.05) is 18.4 Å². The third kappa shape index (κ3) is 4.43. The molecular weight excluding hydrogens is 360 g/mol. The van der Waals surface area contributed by atoms with Gasteiger partial charge in [-0.2, -0.15) is 0 Å². The summed E-state index contributed by atoms with van der Waals surface area (Å²) in [5, 5.41) is 6.54. The highest BCUT2D eigenvalue weighted by Crippen LogP contribution is 2.47. The molecule has 3 aromatic rings. The highest BCUT2D eigenvalue weighted by molar-refractivity contribution is 6.02. The molecule has 148 valence electrons. The second-order valence-corrected chi connectivity index (χ2v) is 8.31. The molecule has 0 spiro atoms. The standard InChI is InChI=1S/C25H26N2O2/c28-25(24-13-12-23(29-24)19-4-2-1-3-5-19)27-21-10-8-18(9-11-21)22-14-20(22)16-26-15-17-6-7-17/h1-5,8-13,17,20,22,26H,6-7,14-16H2,(H,27,28). The molecule has 0 radical (unpaired) electrons. The van der Waals surface area contributed by atoms with E-state index < -0.39 is 0 Å². The summed E-state index contributed by atoms with van der Waals surface area (Å²) in [5.41, 5.74) is 3.12. The van der Waals surface area contributed by atoms with Gasteiger partial charge in [0.05, 0.1) is 0 Å². The molecule has 2 N–H and O–H groups in total. The number of benzene rings is 2. The highest BCUT2D eigenvalue weighted by Gasteiger charge is 2.37. The minimum absolute atomic E-state index is 0.228. The average molecular weight is 386 g/mol. The van der Waals surface area contributed by atoms with E-state index in [0.717, 1.165) is 29.6 Å². The third-order valence-corrected chi connectivity index (χ3v) is 5.94. The molecule has 2 fully saturated rings. The van der Waals surface area contributed by atoms with Crippen LogP contribution < -0.4 is 10.6 Å². The van der Waals surface area contributed by atoms with Gasteiger partial charge in [-0.05, 0) is 79.9 Å². The number of hydrogen-bond acceptors (Lipinski definition) is 3. The molecule has 2 atom stereocenters. The van der Waals surface area contributed by atoms with E-state index in [0.29, 0.717) is 17.4 Å². The fourth-order valence-corrected chi connectivity index (χ4v) is 3.90. The molecule has 5 rings (SSSR count). The number of anilines is 1. The number of rotatable bonds is 8. The summed E-state index contributed by atoms with van der Waals surface area (Å²) in [7, 11) is 0. The zero-order valence-electron chi connectivity index (χ0n) is 16.4. The van der Waals surface area contributed by atoms with Gasteiger partial charge < -0.3 is 15.1 Å². The van der Waals surface area contributed by atoms with Crippen molar-refractivity contribution in [2.45, 2.75) is 25.2 Å². The molecule has 1 amide bonds. The molecule has 1 heterocycles. The second kappa shape index (κ2) is 7.88. The van der Waals surface area contributed by atoms with Gasteiger partial charge >= 0.3 is 0 Å². The Hall–Kier alpha value is -2.85. The molecule has 29 heavy (non-hydrogen) atoms. The lowest BCUT2D eigenvalue weighted by atomic mass is 10.1. The van der Waals surface area contributed by atoms with Crippen molar-refractivity contribution in [3.63, 3.8) is 0 Å². The van der Waals surface area contributed by atoms with Crippen LogP contribution in [0.25, 0.3) is 11.3 Å². The molecular formula is C25H26N2O2. The summed E-state index contributed by atoms with van der Waals surface area (Å²) >= 11 is 0. The average Bonchev–Trinajstić information content (AvgIpc) is 3.68. The maximum Gasteiger partial charge on any atom is 0.291 e. The van der Waals surface area contributed by atoms with Crippen LogP contribution >= 0.6 is 0 Å². The van der Waals surface area contributed by atoms with Crippen LogP contribution in [0.2, 0.25) is 0 Å². The molecule has 2 aromatic carbocycles. The van der Waals surface area contributed by atoms with Crippen LogP contribution in [0, 0.1) is 11.8 Å². The van der Waals surface area contributed by atoms with Gasteiger partial charge in [-0.3, -0.25) is 4.79 Å². The van der Waals surface area contributed by atoms with E-state index in [1.807, 2.05) is 48.5 Å². The number of nitrogens with one attached hydrogen (secondary N) is 2. The van der Waals surface area contributed by atoms with Crippen LogP contribution in [0.4, 0.5) is 5.69 Å². The van der Waals surface area contributed by atoms with E-state index in [9.17, 15) is 4.79 Å². The summed E-state index contributed by atoms with van der Waals surface area (Å²) in [5.74, 6) is 3.14. The van der Waals surface area contributed by atoms with Crippen LogP contribution in [-0.4, -0.2) is 19.0 Å². The molecule has 1 aromatic heterocycles. The van der Waals surface area contributed by atoms with Crippen molar-refractivity contribution >= 4 is 11.6 Å². The first-order valence-electron chi connectivity index (χ1n) is 10.5. The Morgan fingerprint density at radius 1 is 0.931 bits per heavy atom. The SMILES string of the molecule is O=C(Nc1ccc(C2CC2CNCC2CC2)cc1)c1ccc(-c2ccccc2)o1. The number of furan rings is 1. The first-order chi connectivity index (χ1) is 14.3. The number of amides is 1. The fourth-order valence-electron chi connectivity index (χ4n) is 3.90. The van der Waals surface area contributed by atoms with Crippen molar-refractivity contribution in [3.8, 4) is 11.3 Å². The number of carbonyl (C=O) groups excluding carboxylic acids is 1. The van der Waals surface area contributed by atoms with E-state index >= 15 is 0 Å². The molecule has 4 nitrogen and oxygen atoms in total. The molecule has 4 heteroatoms. The highest BCUT2D eigenvalue weighted by atomic mass is 16.3. The monoisotopic (exact) mass is 386 g/mol. The lowest BCUT2D eigenvalue weighted by molar-refractivity contribution is 0.0997. The first kappa shape index (κ1) is 18.2. The topological polar surface area (TPSA) is 54.3 Å². The first-order valence-corrected chi connectivity index (χ1v) is 10.5. The number of hydrogen-bond donors (Lipinski definition) is 2. The molecule has 0 saturated heterocycles. The summed E-state index contributed by atoms with van der Waals surface area (Å²) in [6.07, 6.45) is 4.07. The van der Waals surface area contributed by atoms with Crippen molar-refractivity contribution in [2.24, 2.45) is 11.8 Å². The Kier molecular flexibility index (Phi) is 4.94. The normalized spacial score (nSPS) is 20.4. The van der Waals surface area contributed by atoms with Gasteiger partial charge in [0, 0.05) is 11.3 Å². The number of carbonyl (C=O) groups is 1. The van der Waals surface area contributed by atoms with Crippen molar-refractivity contribution < 1.29 is 9.21 Å². The molecule has 2 saturated carbocycles. The predicted molar refractivity (Wildman–Crippen MR) is 115 cm³/mol.